The Kier molecular flexibility index (Phi) is 23.9. The van der Waals surface area contributed by atoms with Crippen molar-refractivity contribution in [2.24, 2.45) is 0 Å². The Morgan fingerprint density at radius 3 is 0.971 bits per heavy atom. The van der Waals surface area contributed by atoms with E-state index in [4.69, 9.17) is 0 Å². The third-order valence-corrected chi connectivity index (χ3v) is 5.63. The summed E-state index contributed by atoms with van der Waals surface area (Å²) in [7, 11) is -9.83. The van der Waals surface area contributed by atoms with Gasteiger partial charge in [0.25, 0.3) is 0 Å². The van der Waals surface area contributed by atoms with Crippen molar-refractivity contribution in [2.75, 3.05) is 0 Å². The summed E-state index contributed by atoms with van der Waals surface area (Å²) in [6.45, 7) is 0. The summed E-state index contributed by atoms with van der Waals surface area (Å²) < 4.78 is 156. The van der Waals surface area contributed by atoms with E-state index in [1.54, 1.807) is 0 Å². The number of hydrogen-bond donors (Lipinski definition) is 0. The molecule has 0 radical (unpaired) electrons. The largest absolute Gasteiger partial charge is 1.00 e. The Hall–Kier alpha value is 0.455. The van der Waals surface area contributed by atoms with Crippen molar-refractivity contribution in [2.45, 2.75) is 100 Å². The van der Waals surface area contributed by atoms with E-state index in [9.17, 15) is 61.1 Å². The average Bonchev–Trinajstić information content (AvgIpc) is 2.57. The Morgan fingerprint density at radius 1 is 0.529 bits per heavy atom. The van der Waals surface area contributed by atoms with Gasteiger partial charge in [0.1, 0.15) is 20.2 Å². The van der Waals surface area contributed by atoms with Gasteiger partial charge in [-0.05, 0) is 38.5 Å². The number of unbranched alkanes of at least 4 members (excludes halogenated alkanes) is 6. The van der Waals surface area contributed by atoms with Gasteiger partial charge in [0.15, 0.2) is 11.0 Å². The van der Waals surface area contributed by atoms with Crippen LogP contribution in [0.3, 0.4) is 0 Å². The molecule has 0 aliphatic rings. The van der Waals surface area contributed by atoms with Gasteiger partial charge in [0.2, 0.25) is 0 Å². The van der Waals surface area contributed by atoms with Crippen molar-refractivity contribution in [3.05, 3.63) is 0 Å². The summed E-state index contributed by atoms with van der Waals surface area (Å²) in [5.74, 6) is 0. The Bertz CT molecular complexity index is 643. The molecule has 0 amide bonds. The second-order valence-corrected chi connectivity index (χ2v) is 9.94. The van der Waals surface area contributed by atoms with Crippen LogP contribution in [0.25, 0.3) is 0 Å². The van der Waals surface area contributed by atoms with Gasteiger partial charge in [-0.15, -0.1) is 0 Å². The molecule has 0 heterocycles. The maximum absolute atomic E-state index is 12.5. The predicted molar refractivity (Wildman–Crippen MR) is 96.7 cm³/mol. The molecular formula is C16H26F8Li2O6S2. The fourth-order valence-corrected chi connectivity index (χ4v) is 3.17. The second-order valence-electron chi connectivity index (χ2n) is 6.94. The van der Waals surface area contributed by atoms with Gasteiger partial charge in [0, 0.05) is 12.8 Å². The molecule has 0 saturated carbocycles. The first kappa shape index (κ1) is 41.6. The molecule has 6 nitrogen and oxygen atoms in total. The van der Waals surface area contributed by atoms with Crippen molar-refractivity contribution >= 4 is 20.2 Å². The molecule has 0 aromatic rings. The molecule has 0 spiro atoms. The van der Waals surface area contributed by atoms with E-state index >= 15 is 0 Å². The zero-order chi connectivity index (χ0) is 25.6. The van der Waals surface area contributed by atoms with Crippen LogP contribution in [-0.4, -0.2) is 49.3 Å². The van der Waals surface area contributed by atoms with Gasteiger partial charge in [-0.3, -0.25) is 0 Å². The third-order valence-electron chi connectivity index (χ3n) is 3.91. The molecule has 18 heteroatoms. The van der Waals surface area contributed by atoms with E-state index in [1.807, 2.05) is 0 Å². The van der Waals surface area contributed by atoms with Crippen LogP contribution in [0.4, 0.5) is 35.1 Å². The quantitative estimate of drug-likeness (QED) is 0.126. The Labute approximate surface area is 218 Å². The molecule has 0 aliphatic carbocycles. The third kappa shape index (κ3) is 30.5. The van der Waals surface area contributed by atoms with Crippen molar-refractivity contribution in [3.63, 3.8) is 0 Å². The van der Waals surface area contributed by atoms with Crippen LogP contribution < -0.4 is 37.7 Å². The molecule has 0 rings (SSSR count). The molecule has 0 fully saturated rings. The standard InChI is InChI=1S/2C8H14F4O3S.2Li/c2*9-7(16(13,14)15)5-3-1-2-4-6-8(10,11)12;;/h2*7H,1-6H2,(H,13,14,15);;/q;;2*+1/p-2. The minimum atomic E-state index is -4.92. The maximum Gasteiger partial charge on any atom is 1.00 e. The Morgan fingerprint density at radius 2 is 0.765 bits per heavy atom. The van der Waals surface area contributed by atoms with Crippen LogP contribution >= 0.6 is 0 Å². The van der Waals surface area contributed by atoms with Gasteiger partial charge < -0.3 is 9.11 Å². The zero-order valence-corrected chi connectivity index (χ0v) is 20.6. The Balaban J connectivity index is -0.000000250. The van der Waals surface area contributed by atoms with Gasteiger partial charge in [-0.2, -0.15) is 26.3 Å². The number of rotatable bonds is 14. The van der Waals surface area contributed by atoms with Crippen LogP contribution in [0.5, 0.6) is 0 Å². The smallest absolute Gasteiger partial charge is 0.746 e. The van der Waals surface area contributed by atoms with Crippen LogP contribution in [0.2, 0.25) is 0 Å². The summed E-state index contributed by atoms with van der Waals surface area (Å²) in [6, 6.07) is 0. The summed E-state index contributed by atoms with van der Waals surface area (Å²) in [5.41, 5.74) is -4.90. The first-order valence-corrected chi connectivity index (χ1v) is 12.5. The topological polar surface area (TPSA) is 114 Å². The zero-order valence-electron chi connectivity index (χ0n) is 18.9. The number of hydrogen-bond acceptors (Lipinski definition) is 6. The molecule has 34 heavy (non-hydrogen) atoms. The van der Waals surface area contributed by atoms with E-state index in [0.717, 1.165) is 0 Å². The molecule has 2 unspecified atom stereocenters. The van der Waals surface area contributed by atoms with Crippen LogP contribution in [0, 0.1) is 0 Å². The summed E-state index contributed by atoms with van der Waals surface area (Å²) in [6.07, 6.45) is -9.96. The van der Waals surface area contributed by atoms with Gasteiger partial charge in [0.05, 0.1) is 0 Å². The van der Waals surface area contributed by atoms with Crippen molar-refractivity contribution in [1.29, 1.82) is 0 Å². The normalized spacial score (nSPS) is 14.2. The van der Waals surface area contributed by atoms with Crippen LogP contribution in [0.1, 0.15) is 77.0 Å². The summed E-state index contributed by atoms with van der Waals surface area (Å²) >= 11 is 0. The van der Waals surface area contributed by atoms with Gasteiger partial charge >= 0.3 is 50.1 Å². The fourth-order valence-electron chi connectivity index (χ4n) is 2.26. The van der Waals surface area contributed by atoms with E-state index in [0.29, 0.717) is 0 Å². The summed E-state index contributed by atoms with van der Waals surface area (Å²) in [5, 5.41) is 0. The molecule has 0 aromatic carbocycles. The molecule has 0 bridgehead atoms. The molecule has 0 saturated heterocycles. The van der Waals surface area contributed by atoms with Crippen molar-refractivity contribution in [3.8, 4) is 0 Å². The molecule has 0 aliphatic heterocycles. The monoisotopic (exact) mass is 544 g/mol. The van der Waals surface area contributed by atoms with Gasteiger partial charge in [-0.25, -0.2) is 25.6 Å². The molecule has 0 aromatic heterocycles. The van der Waals surface area contributed by atoms with E-state index in [2.05, 4.69) is 0 Å². The minimum absolute atomic E-state index is 0. The van der Waals surface area contributed by atoms with Crippen molar-refractivity contribution in [1.82, 2.24) is 0 Å². The average molecular weight is 544 g/mol. The minimum Gasteiger partial charge on any atom is -0.746 e. The maximum atomic E-state index is 12.5. The molecular weight excluding hydrogens is 518 g/mol. The van der Waals surface area contributed by atoms with E-state index in [1.165, 1.54) is 0 Å². The molecule has 0 N–H and O–H groups in total. The van der Waals surface area contributed by atoms with Crippen LogP contribution in [0.15, 0.2) is 0 Å². The molecule has 196 valence electrons. The van der Waals surface area contributed by atoms with E-state index in [-0.39, 0.29) is 89.1 Å². The number of alkyl halides is 8. The van der Waals surface area contributed by atoms with E-state index < -0.39 is 69.3 Å². The molecule has 2 atom stereocenters. The SMILES string of the molecule is O=S(=O)([O-])C(F)CCCCCCC(F)(F)F.O=S(=O)([O-])C(F)CCCCCCC(F)(F)F.[Li+].[Li+]. The first-order valence-electron chi connectivity index (χ1n) is 9.57. The summed E-state index contributed by atoms with van der Waals surface area (Å²) in [4.78, 5) is 0. The predicted octanol–water partition coefficient (Wildman–Crippen LogP) is -0.532. The van der Waals surface area contributed by atoms with Crippen LogP contribution in [-0.2, 0) is 20.2 Å². The number of halogens is 8. The second kappa shape index (κ2) is 19.6. The fraction of sp³-hybridized carbons (Fsp3) is 1.00. The van der Waals surface area contributed by atoms with Crippen molar-refractivity contribution < 1.29 is 98.8 Å². The first-order chi connectivity index (χ1) is 14.3. The van der Waals surface area contributed by atoms with Gasteiger partial charge in [-0.1, -0.05) is 25.7 Å².